The zero-order valence-electron chi connectivity index (χ0n) is 10.3. The molecule has 2 bridgehead atoms. The van der Waals surface area contributed by atoms with Gasteiger partial charge in [0.2, 0.25) is 0 Å². The number of nitrogens with one attached hydrogen (secondary N) is 1. The average molecular weight is 222 g/mol. The van der Waals surface area contributed by atoms with Crippen LogP contribution in [0.1, 0.15) is 32.1 Å². The van der Waals surface area contributed by atoms with Crippen LogP contribution in [0, 0.1) is 23.7 Å². The smallest absolute Gasteiger partial charge is 0.317 e. The number of fused-ring (bicyclic) bond motifs is 5. The van der Waals surface area contributed by atoms with Crippen molar-refractivity contribution in [1.82, 2.24) is 10.2 Å². The minimum Gasteiger partial charge on any atom is -0.335 e. The van der Waals surface area contributed by atoms with Crippen LogP contribution in [-0.2, 0) is 0 Å². The molecule has 4 atom stereocenters. The van der Waals surface area contributed by atoms with E-state index in [1.807, 2.05) is 14.1 Å². The van der Waals surface area contributed by atoms with E-state index in [1.165, 1.54) is 32.1 Å². The fraction of sp³-hybridized carbons (Fsp3) is 0.923. The maximum Gasteiger partial charge on any atom is 0.317 e. The Morgan fingerprint density at radius 3 is 2.12 bits per heavy atom. The Bertz CT molecular complexity index is 284. The Hall–Kier alpha value is -0.730. The lowest BCUT2D eigenvalue weighted by molar-refractivity contribution is 0.212. The molecule has 4 unspecified atom stereocenters. The van der Waals surface area contributed by atoms with Gasteiger partial charge in [0.15, 0.2) is 0 Å². The van der Waals surface area contributed by atoms with E-state index in [9.17, 15) is 4.79 Å². The molecule has 1 N–H and O–H groups in total. The molecule has 0 heterocycles. The number of hydrogen-bond acceptors (Lipinski definition) is 1. The van der Waals surface area contributed by atoms with Crippen molar-refractivity contribution in [1.29, 1.82) is 0 Å². The number of nitrogens with zero attached hydrogens (tertiary/aromatic N) is 1. The van der Waals surface area contributed by atoms with Crippen molar-refractivity contribution >= 4 is 6.03 Å². The molecule has 3 nitrogen and oxygen atoms in total. The molecule has 3 rings (SSSR count). The number of rotatable bonds is 1. The largest absolute Gasteiger partial charge is 0.335 e. The molecule has 2 amide bonds. The second-order valence-corrected chi connectivity index (χ2v) is 6.17. The van der Waals surface area contributed by atoms with E-state index in [1.54, 1.807) is 4.90 Å². The maximum absolute atomic E-state index is 11.6. The molecule has 16 heavy (non-hydrogen) atoms. The fourth-order valence-corrected chi connectivity index (χ4v) is 4.44. The highest BCUT2D eigenvalue weighted by atomic mass is 16.2. The summed E-state index contributed by atoms with van der Waals surface area (Å²) in [6.45, 7) is 0. The number of urea groups is 1. The van der Waals surface area contributed by atoms with Gasteiger partial charge in [-0.05, 0) is 55.8 Å². The SMILES string of the molecule is CN(C)C(=O)NC1CC2C3CCC(C3)C2C1. The van der Waals surface area contributed by atoms with Crippen molar-refractivity contribution in [3.05, 3.63) is 0 Å². The number of carbonyl (C=O) groups is 1. The van der Waals surface area contributed by atoms with E-state index < -0.39 is 0 Å². The van der Waals surface area contributed by atoms with Crippen molar-refractivity contribution in [2.45, 2.75) is 38.1 Å². The molecule has 0 aromatic rings. The zero-order valence-corrected chi connectivity index (χ0v) is 10.3. The predicted molar refractivity (Wildman–Crippen MR) is 63.1 cm³/mol. The van der Waals surface area contributed by atoms with E-state index >= 15 is 0 Å². The molecule has 3 saturated carbocycles. The first kappa shape index (κ1) is 10.4. The standard InChI is InChI=1S/C13H22N2O/c1-15(2)13(16)14-10-6-11-8-3-4-9(5-8)12(11)7-10/h8-12H,3-7H2,1-2H3,(H,14,16). The molecule has 3 fully saturated rings. The van der Waals surface area contributed by atoms with Gasteiger partial charge in [0, 0.05) is 20.1 Å². The molecule has 0 aromatic carbocycles. The fourth-order valence-electron chi connectivity index (χ4n) is 4.44. The number of amides is 2. The van der Waals surface area contributed by atoms with Crippen LogP contribution in [0.4, 0.5) is 4.79 Å². The monoisotopic (exact) mass is 222 g/mol. The summed E-state index contributed by atoms with van der Waals surface area (Å²) in [5, 5.41) is 3.16. The van der Waals surface area contributed by atoms with Crippen molar-refractivity contribution in [2.75, 3.05) is 14.1 Å². The van der Waals surface area contributed by atoms with Gasteiger partial charge in [0.25, 0.3) is 0 Å². The van der Waals surface area contributed by atoms with Crippen LogP contribution in [0.25, 0.3) is 0 Å². The maximum atomic E-state index is 11.6. The first-order valence-corrected chi connectivity index (χ1v) is 6.63. The third-order valence-electron chi connectivity index (χ3n) is 5.12. The lowest BCUT2D eigenvalue weighted by Crippen LogP contribution is -2.40. The summed E-state index contributed by atoms with van der Waals surface area (Å²) in [4.78, 5) is 13.3. The molecular weight excluding hydrogens is 200 g/mol. The lowest BCUT2D eigenvalue weighted by Gasteiger charge is -2.23. The number of carbonyl (C=O) groups excluding carboxylic acids is 1. The summed E-state index contributed by atoms with van der Waals surface area (Å²) in [5.74, 6) is 3.87. The second kappa shape index (κ2) is 3.64. The minimum absolute atomic E-state index is 0.0809. The molecule has 0 saturated heterocycles. The second-order valence-electron chi connectivity index (χ2n) is 6.17. The van der Waals surface area contributed by atoms with Crippen LogP contribution in [0.15, 0.2) is 0 Å². The first-order chi connectivity index (χ1) is 7.65. The van der Waals surface area contributed by atoms with Crippen LogP contribution >= 0.6 is 0 Å². The third-order valence-corrected chi connectivity index (χ3v) is 5.12. The van der Waals surface area contributed by atoms with Gasteiger partial charge >= 0.3 is 6.03 Å². The molecule has 3 aliphatic rings. The Balaban J connectivity index is 1.60. The van der Waals surface area contributed by atoms with Crippen LogP contribution in [0.3, 0.4) is 0 Å². The summed E-state index contributed by atoms with van der Waals surface area (Å²) < 4.78 is 0. The Morgan fingerprint density at radius 1 is 1.06 bits per heavy atom. The van der Waals surface area contributed by atoms with Gasteiger partial charge in [-0.1, -0.05) is 0 Å². The van der Waals surface area contributed by atoms with Crippen molar-refractivity contribution in [3.63, 3.8) is 0 Å². The highest BCUT2D eigenvalue weighted by Crippen LogP contribution is 2.58. The van der Waals surface area contributed by atoms with E-state index in [0.29, 0.717) is 6.04 Å². The molecule has 0 radical (unpaired) electrons. The molecule has 0 aromatic heterocycles. The number of hydrogen-bond donors (Lipinski definition) is 1. The van der Waals surface area contributed by atoms with E-state index in [-0.39, 0.29) is 6.03 Å². The van der Waals surface area contributed by atoms with Gasteiger partial charge in [-0.15, -0.1) is 0 Å². The van der Waals surface area contributed by atoms with Crippen LogP contribution < -0.4 is 5.32 Å². The summed E-state index contributed by atoms with van der Waals surface area (Å²) >= 11 is 0. The van der Waals surface area contributed by atoms with Gasteiger partial charge in [0.05, 0.1) is 0 Å². The summed E-state index contributed by atoms with van der Waals surface area (Å²) in [5.41, 5.74) is 0. The molecule has 3 aliphatic carbocycles. The van der Waals surface area contributed by atoms with E-state index in [4.69, 9.17) is 0 Å². The van der Waals surface area contributed by atoms with Crippen molar-refractivity contribution < 1.29 is 4.79 Å². The van der Waals surface area contributed by atoms with E-state index in [0.717, 1.165) is 23.7 Å². The van der Waals surface area contributed by atoms with Crippen molar-refractivity contribution in [3.8, 4) is 0 Å². The van der Waals surface area contributed by atoms with Gasteiger partial charge in [-0.3, -0.25) is 0 Å². The van der Waals surface area contributed by atoms with Gasteiger partial charge in [-0.2, -0.15) is 0 Å². The predicted octanol–water partition coefficient (Wildman–Crippen LogP) is 2.08. The molecule has 0 spiro atoms. The van der Waals surface area contributed by atoms with Gasteiger partial charge in [-0.25, -0.2) is 4.79 Å². The van der Waals surface area contributed by atoms with Gasteiger partial charge < -0.3 is 10.2 Å². The highest BCUT2D eigenvalue weighted by molar-refractivity contribution is 5.73. The normalized spacial score (nSPS) is 44.5. The zero-order chi connectivity index (χ0) is 11.3. The summed E-state index contributed by atoms with van der Waals surface area (Å²) in [7, 11) is 3.63. The summed E-state index contributed by atoms with van der Waals surface area (Å²) in [6.07, 6.45) is 6.89. The van der Waals surface area contributed by atoms with Crippen molar-refractivity contribution in [2.24, 2.45) is 23.7 Å². The molecular formula is C13H22N2O. The van der Waals surface area contributed by atoms with Crippen LogP contribution in [-0.4, -0.2) is 31.1 Å². The van der Waals surface area contributed by atoms with Gasteiger partial charge in [0.1, 0.15) is 0 Å². The minimum atomic E-state index is 0.0809. The first-order valence-electron chi connectivity index (χ1n) is 6.63. The average Bonchev–Trinajstić information content (AvgIpc) is 2.86. The van der Waals surface area contributed by atoms with Crippen LogP contribution in [0.5, 0.6) is 0 Å². The Morgan fingerprint density at radius 2 is 1.62 bits per heavy atom. The molecule has 0 aliphatic heterocycles. The van der Waals surface area contributed by atoms with E-state index in [2.05, 4.69) is 5.32 Å². The molecule has 90 valence electrons. The lowest BCUT2D eigenvalue weighted by atomic mass is 9.82. The molecule has 3 heteroatoms. The highest BCUT2D eigenvalue weighted by Gasteiger charge is 2.51. The summed E-state index contributed by atoms with van der Waals surface area (Å²) in [6, 6.07) is 0.533. The Labute approximate surface area is 97.6 Å². The topological polar surface area (TPSA) is 32.3 Å². The quantitative estimate of drug-likeness (QED) is 0.724. The third kappa shape index (κ3) is 1.52. The Kier molecular flexibility index (Phi) is 2.37. The van der Waals surface area contributed by atoms with Crippen LogP contribution in [0.2, 0.25) is 0 Å².